The van der Waals surface area contributed by atoms with E-state index < -0.39 is 0 Å². The van der Waals surface area contributed by atoms with Crippen LogP contribution < -0.4 is 5.32 Å². The van der Waals surface area contributed by atoms with Gasteiger partial charge >= 0.3 is 0 Å². The van der Waals surface area contributed by atoms with Crippen molar-refractivity contribution in [1.29, 1.82) is 0 Å². The second-order valence-corrected chi connectivity index (χ2v) is 6.81. The van der Waals surface area contributed by atoms with Crippen molar-refractivity contribution < 1.29 is 0 Å². The highest BCUT2D eigenvalue weighted by Gasteiger charge is 2.04. The van der Waals surface area contributed by atoms with Crippen LogP contribution in [0.1, 0.15) is 0 Å². The lowest BCUT2D eigenvalue weighted by Crippen LogP contribution is -1.87. The van der Waals surface area contributed by atoms with Crippen LogP contribution in [-0.2, 0) is 0 Å². The second kappa shape index (κ2) is 5.53. The number of halogens is 1. The van der Waals surface area contributed by atoms with Crippen molar-refractivity contribution in [2.24, 2.45) is 0 Å². The lowest BCUT2D eigenvalue weighted by atomic mass is 10.3. The third-order valence-corrected chi connectivity index (χ3v) is 4.88. The van der Waals surface area contributed by atoms with Gasteiger partial charge in [-0.25, -0.2) is 4.98 Å². The van der Waals surface area contributed by atoms with Crippen LogP contribution in [0.5, 0.6) is 0 Å². The third kappa shape index (κ3) is 2.94. The monoisotopic (exact) mass is 350 g/mol. The maximum Gasteiger partial charge on any atom is 0.188 e. The van der Waals surface area contributed by atoms with Crippen molar-refractivity contribution in [2.75, 3.05) is 11.6 Å². The molecule has 1 aromatic heterocycles. The summed E-state index contributed by atoms with van der Waals surface area (Å²) < 4.78 is 2.29. The van der Waals surface area contributed by atoms with Gasteiger partial charge in [-0.15, -0.1) is 11.8 Å². The van der Waals surface area contributed by atoms with E-state index in [0.29, 0.717) is 0 Å². The Balaban J connectivity index is 1.90. The van der Waals surface area contributed by atoms with Gasteiger partial charge in [0.05, 0.1) is 10.2 Å². The highest BCUT2D eigenvalue weighted by atomic mass is 79.9. The van der Waals surface area contributed by atoms with Crippen molar-refractivity contribution in [3.05, 3.63) is 46.9 Å². The molecule has 2 nitrogen and oxygen atoms in total. The molecular weight excluding hydrogens is 340 g/mol. The van der Waals surface area contributed by atoms with Gasteiger partial charge in [-0.2, -0.15) is 0 Å². The van der Waals surface area contributed by atoms with Gasteiger partial charge in [0.2, 0.25) is 0 Å². The van der Waals surface area contributed by atoms with Crippen LogP contribution in [0.2, 0.25) is 0 Å². The Morgan fingerprint density at radius 3 is 2.68 bits per heavy atom. The van der Waals surface area contributed by atoms with Crippen LogP contribution in [-0.4, -0.2) is 11.2 Å². The minimum Gasteiger partial charge on any atom is -0.332 e. The molecule has 0 saturated heterocycles. The van der Waals surface area contributed by atoms with Crippen molar-refractivity contribution in [3.63, 3.8) is 0 Å². The molecule has 0 unspecified atom stereocenters. The van der Waals surface area contributed by atoms with Crippen LogP contribution in [0.4, 0.5) is 10.8 Å². The number of thiazole rings is 1. The summed E-state index contributed by atoms with van der Waals surface area (Å²) in [5.41, 5.74) is 2.09. The SMILES string of the molecule is CSc1ccc2nc(Nc3ccc(Br)cc3)sc2c1. The molecule has 1 N–H and O–H groups in total. The summed E-state index contributed by atoms with van der Waals surface area (Å²) in [4.78, 5) is 5.86. The van der Waals surface area contributed by atoms with Crippen molar-refractivity contribution in [1.82, 2.24) is 4.98 Å². The Morgan fingerprint density at radius 2 is 1.95 bits per heavy atom. The Morgan fingerprint density at radius 1 is 1.16 bits per heavy atom. The first-order chi connectivity index (χ1) is 9.24. The minimum atomic E-state index is 0.926. The smallest absolute Gasteiger partial charge is 0.188 e. The normalized spacial score (nSPS) is 10.8. The standard InChI is InChI=1S/C14H11BrN2S2/c1-18-11-6-7-12-13(8-11)19-14(17-12)16-10-4-2-9(15)3-5-10/h2-8H,1H3,(H,16,17). The Bertz CT molecular complexity index is 707. The number of rotatable bonds is 3. The van der Waals surface area contributed by atoms with E-state index in [-0.39, 0.29) is 0 Å². The summed E-state index contributed by atoms with van der Waals surface area (Å²) in [5, 5.41) is 4.26. The lowest BCUT2D eigenvalue weighted by Gasteiger charge is -2.01. The predicted octanol–water partition coefficient (Wildman–Crippen LogP) is 5.52. The highest BCUT2D eigenvalue weighted by molar-refractivity contribution is 9.10. The summed E-state index contributed by atoms with van der Waals surface area (Å²) in [6.45, 7) is 0. The Hall–Kier alpha value is -1.04. The van der Waals surface area contributed by atoms with Crippen LogP contribution in [0.3, 0.4) is 0 Å². The van der Waals surface area contributed by atoms with Crippen LogP contribution >= 0.6 is 39.0 Å². The van der Waals surface area contributed by atoms with Gasteiger partial charge in [-0.3, -0.25) is 0 Å². The molecule has 0 bridgehead atoms. The van der Waals surface area contributed by atoms with Gasteiger partial charge in [-0.05, 0) is 48.7 Å². The quantitative estimate of drug-likeness (QED) is 0.629. The first-order valence-electron chi connectivity index (χ1n) is 5.72. The molecule has 0 atom stereocenters. The molecule has 3 aromatic rings. The van der Waals surface area contributed by atoms with Crippen LogP contribution in [0, 0.1) is 0 Å². The Kier molecular flexibility index (Phi) is 3.77. The summed E-state index contributed by atoms with van der Waals surface area (Å²) in [7, 11) is 0. The van der Waals surface area contributed by atoms with Gasteiger partial charge < -0.3 is 5.32 Å². The summed E-state index contributed by atoms with van der Waals surface area (Å²) in [6, 6.07) is 14.5. The van der Waals surface area contributed by atoms with Crippen LogP contribution in [0.25, 0.3) is 10.2 Å². The first kappa shape index (κ1) is 13.0. The molecule has 19 heavy (non-hydrogen) atoms. The van der Waals surface area contributed by atoms with E-state index in [1.165, 1.54) is 9.60 Å². The number of thioether (sulfide) groups is 1. The molecule has 0 spiro atoms. The van der Waals surface area contributed by atoms with Gasteiger partial charge in [0.25, 0.3) is 0 Å². The second-order valence-electron chi connectivity index (χ2n) is 3.98. The zero-order valence-electron chi connectivity index (χ0n) is 10.2. The van der Waals surface area contributed by atoms with E-state index in [2.05, 4.69) is 50.7 Å². The van der Waals surface area contributed by atoms with Gasteiger partial charge in [0, 0.05) is 15.1 Å². The molecule has 0 aliphatic rings. The Labute approximate surface area is 128 Å². The fourth-order valence-electron chi connectivity index (χ4n) is 1.74. The number of nitrogens with zero attached hydrogens (tertiary/aromatic N) is 1. The number of fused-ring (bicyclic) bond motifs is 1. The maximum absolute atomic E-state index is 4.59. The molecule has 0 amide bonds. The molecule has 0 saturated carbocycles. The number of anilines is 2. The fourth-order valence-corrected chi connectivity index (χ4v) is 3.45. The molecule has 1 heterocycles. The summed E-state index contributed by atoms with van der Waals surface area (Å²) >= 11 is 6.86. The van der Waals surface area contributed by atoms with Gasteiger partial charge in [-0.1, -0.05) is 27.3 Å². The van der Waals surface area contributed by atoms with Crippen molar-refractivity contribution >= 4 is 60.1 Å². The average Bonchev–Trinajstić information content (AvgIpc) is 2.82. The van der Waals surface area contributed by atoms with Gasteiger partial charge in [0.1, 0.15) is 0 Å². The van der Waals surface area contributed by atoms with E-state index in [1.54, 1.807) is 23.1 Å². The van der Waals surface area contributed by atoms with E-state index >= 15 is 0 Å². The molecule has 96 valence electrons. The van der Waals surface area contributed by atoms with E-state index in [0.717, 1.165) is 20.8 Å². The maximum atomic E-state index is 4.59. The van der Waals surface area contributed by atoms with Crippen molar-refractivity contribution in [2.45, 2.75) is 4.90 Å². The zero-order chi connectivity index (χ0) is 13.2. The average molecular weight is 351 g/mol. The molecule has 2 aromatic carbocycles. The molecule has 0 radical (unpaired) electrons. The van der Waals surface area contributed by atoms with E-state index in [4.69, 9.17) is 0 Å². The molecule has 3 rings (SSSR count). The summed E-state index contributed by atoms with van der Waals surface area (Å²) in [6.07, 6.45) is 2.09. The van der Waals surface area contributed by atoms with Crippen molar-refractivity contribution in [3.8, 4) is 0 Å². The number of aromatic nitrogens is 1. The molecule has 0 fully saturated rings. The number of hydrogen-bond donors (Lipinski definition) is 1. The molecular formula is C14H11BrN2S2. The molecule has 0 aliphatic heterocycles. The largest absolute Gasteiger partial charge is 0.332 e. The number of nitrogens with one attached hydrogen (secondary N) is 1. The summed E-state index contributed by atoms with van der Waals surface area (Å²) in [5.74, 6) is 0. The molecule has 0 aliphatic carbocycles. The lowest BCUT2D eigenvalue weighted by molar-refractivity contribution is 1.42. The fraction of sp³-hybridized carbons (Fsp3) is 0.0714. The number of hydrogen-bond acceptors (Lipinski definition) is 4. The van der Waals surface area contributed by atoms with Crippen LogP contribution in [0.15, 0.2) is 51.8 Å². The number of benzene rings is 2. The van der Waals surface area contributed by atoms with E-state index in [9.17, 15) is 0 Å². The third-order valence-electron chi connectivity index (χ3n) is 2.69. The highest BCUT2D eigenvalue weighted by Crippen LogP contribution is 2.31. The topological polar surface area (TPSA) is 24.9 Å². The predicted molar refractivity (Wildman–Crippen MR) is 88.8 cm³/mol. The van der Waals surface area contributed by atoms with E-state index in [1.807, 2.05) is 24.3 Å². The van der Waals surface area contributed by atoms with Gasteiger partial charge in [0.15, 0.2) is 5.13 Å². The zero-order valence-corrected chi connectivity index (χ0v) is 13.4. The molecule has 5 heteroatoms. The minimum absolute atomic E-state index is 0.926. The first-order valence-corrected chi connectivity index (χ1v) is 8.55.